The molecule has 1 aromatic heterocycles. The summed E-state index contributed by atoms with van der Waals surface area (Å²) < 4.78 is 5.28. The molecule has 0 aliphatic heterocycles. The lowest BCUT2D eigenvalue weighted by Crippen LogP contribution is -2.36. The maximum Gasteiger partial charge on any atom is 0.334 e. The Morgan fingerprint density at radius 2 is 1.88 bits per heavy atom. The third-order valence-corrected chi connectivity index (χ3v) is 2.53. The highest BCUT2D eigenvalue weighted by molar-refractivity contribution is 5.97. The highest BCUT2D eigenvalue weighted by Crippen LogP contribution is 2.20. The molecule has 1 rings (SSSR count). The summed E-state index contributed by atoms with van der Waals surface area (Å²) in [6.07, 6.45) is -1.60. The number of aliphatic hydroxyl groups is 1. The molecule has 1 heterocycles. The zero-order valence-corrected chi connectivity index (χ0v) is 9.90. The van der Waals surface area contributed by atoms with Crippen LogP contribution in [0.3, 0.4) is 0 Å². The number of carbonyl (C=O) groups is 2. The molecule has 94 valence electrons. The largest absolute Gasteiger partial charge is 0.479 e. The van der Waals surface area contributed by atoms with Crippen molar-refractivity contribution >= 4 is 11.9 Å². The molecule has 0 aliphatic carbocycles. The Labute approximate surface area is 98.2 Å². The number of aliphatic carboxylic acids is 1. The number of carboxylic acids is 1. The molecule has 0 saturated heterocycles. The van der Waals surface area contributed by atoms with Gasteiger partial charge in [0.2, 0.25) is 0 Å². The lowest BCUT2D eigenvalue weighted by Gasteiger charge is -2.07. The van der Waals surface area contributed by atoms with Crippen LogP contribution in [0.15, 0.2) is 4.42 Å². The van der Waals surface area contributed by atoms with Gasteiger partial charge in [0.05, 0.1) is 12.1 Å². The van der Waals surface area contributed by atoms with Crippen LogP contribution in [0.25, 0.3) is 0 Å². The maximum absolute atomic E-state index is 11.8. The predicted octanol–water partition coefficient (Wildman–Crippen LogP) is 0.380. The van der Waals surface area contributed by atoms with Gasteiger partial charge in [0, 0.05) is 5.56 Å². The van der Waals surface area contributed by atoms with Crippen LogP contribution in [-0.2, 0) is 4.79 Å². The van der Waals surface area contributed by atoms with E-state index in [0.717, 1.165) is 0 Å². The van der Waals surface area contributed by atoms with Gasteiger partial charge in [-0.05, 0) is 20.8 Å². The van der Waals surface area contributed by atoms with Crippen LogP contribution in [0.2, 0.25) is 0 Å². The molecular formula is C11H15NO5. The van der Waals surface area contributed by atoms with Crippen LogP contribution < -0.4 is 5.32 Å². The number of hydrogen-bond acceptors (Lipinski definition) is 4. The number of amides is 1. The van der Waals surface area contributed by atoms with E-state index in [-0.39, 0.29) is 6.54 Å². The summed E-state index contributed by atoms with van der Waals surface area (Å²) in [7, 11) is 0. The van der Waals surface area contributed by atoms with Gasteiger partial charge in [-0.3, -0.25) is 4.79 Å². The van der Waals surface area contributed by atoms with Crippen LogP contribution in [0.1, 0.15) is 27.4 Å². The quantitative estimate of drug-likeness (QED) is 0.707. The fraction of sp³-hybridized carbons (Fsp3) is 0.455. The lowest BCUT2D eigenvalue weighted by molar-refractivity contribution is -0.146. The SMILES string of the molecule is Cc1oc(C)c(C(=O)NCC(O)C(=O)O)c1C. The van der Waals surface area contributed by atoms with Crippen molar-refractivity contribution in [1.29, 1.82) is 0 Å². The summed E-state index contributed by atoms with van der Waals surface area (Å²) in [5.74, 6) is -0.701. The van der Waals surface area contributed by atoms with Crippen molar-refractivity contribution < 1.29 is 24.2 Å². The van der Waals surface area contributed by atoms with E-state index < -0.39 is 18.0 Å². The summed E-state index contributed by atoms with van der Waals surface area (Å²) in [6.45, 7) is 4.80. The highest BCUT2D eigenvalue weighted by atomic mass is 16.4. The number of aliphatic hydroxyl groups excluding tert-OH is 1. The van der Waals surface area contributed by atoms with E-state index in [0.29, 0.717) is 22.6 Å². The molecule has 0 radical (unpaired) electrons. The van der Waals surface area contributed by atoms with Crippen LogP contribution in [0, 0.1) is 20.8 Å². The monoisotopic (exact) mass is 241 g/mol. The van der Waals surface area contributed by atoms with Gasteiger partial charge < -0.3 is 19.9 Å². The van der Waals surface area contributed by atoms with Crippen molar-refractivity contribution in [2.45, 2.75) is 26.9 Å². The Balaban J connectivity index is 2.74. The standard InChI is InChI=1S/C11H15NO5/c1-5-6(2)17-7(3)9(5)10(14)12-4-8(13)11(15)16/h8,13H,4H2,1-3H3,(H,12,14)(H,15,16). The Hall–Kier alpha value is -1.82. The average Bonchev–Trinajstić information content (AvgIpc) is 2.49. The van der Waals surface area contributed by atoms with Crippen molar-refractivity contribution in [3.05, 3.63) is 22.6 Å². The van der Waals surface area contributed by atoms with E-state index in [9.17, 15) is 9.59 Å². The molecule has 3 N–H and O–H groups in total. The number of hydrogen-bond donors (Lipinski definition) is 3. The smallest absolute Gasteiger partial charge is 0.334 e. The van der Waals surface area contributed by atoms with E-state index >= 15 is 0 Å². The van der Waals surface area contributed by atoms with Crippen molar-refractivity contribution in [3.8, 4) is 0 Å². The first-order valence-corrected chi connectivity index (χ1v) is 5.10. The maximum atomic E-state index is 11.8. The molecule has 0 spiro atoms. The molecule has 0 saturated carbocycles. The zero-order valence-electron chi connectivity index (χ0n) is 9.90. The zero-order chi connectivity index (χ0) is 13.2. The van der Waals surface area contributed by atoms with Gasteiger partial charge in [0.25, 0.3) is 5.91 Å². The number of aryl methyl sites for hydroxylation is 2. The van der Waals surface area contributed by atoms with Gasteiger partial charge in [-0.25, -0.2) is 4.79 Å². The fourth-order valence-corrected chi connectivity index (χ4v) is 1.49. The van der Waals surface area contributed by atoms with Crippen molar-refractivity contribution in [2.24, 2.45) is 0 Å². The molecule has 0 aliphatic rings. The molecule has 6 nitrogen and oxygen atoms in total. The second-order valence-electron chi connectivity index (χ2n) is 3.78. The minimum Gasteiger partial charge on any atom is -0.479 e. The van der Waals surface area contributed by atoms with E-state index in [1.165, 1.54) is 0 Å². The van der Waals surface area contributed by atoms with Crippen LogP contribution in [0.5, 0.6) is 0 Å². The third-order valence-electron chi connectivity index (χ3n) is 2.53. The van der Waals surface area contributed by atoms with Gasteiger partial charge in [0.15, 0.2) is 6.10 Å². The lowest BCUT2D eigenvalue weighted by atomic mass is 10.1. The minimum atomic E-state index is -1.60. The van der Waals surface area contributed by atoms with Crippen molar-refractivity contribution in [1.82, 2.24) is 5.32 Å². The normalized spacial score (nSPS) is 12.2. The summed E-state index contributed by atoms with van der Waals surface area (Å²) in [5, 5.41) is 19.8. The third kappa shape index (κ3) is 2.85. The van der Waals surface area contributed by atoms with Crippen LogP contribution in [0.4, 0.5) is 0 Å². The first kappa shape index (κ1) is 13.2. The number of nitrogens with one attached hydrogen (secondary N) is 1. The van der Waals surface area contributed by atoms with Crippen molar-refractivity contribution in [2.75, 3.05) is 6.54 Å². The van der Waals surface area contributed by atoms with Gasteiger partial charge in [0.1, 0.15) is 11.5 Å². The number of carbonyl (C=O) groups excluding carboxylic acids is 1. The number of furan rings is 1. The molecule has 0 bridgehead atoms. The van der Waals surface area contributed by atoms with Gasteiger partial charge in [-0.1, -0.05) is 0 Å². The van der Waals surface area contributed by atoms with Gasteiger partial charge in [-0.2, -0.15) is 0 Å². The van der Waals surface area contributed by atoms with Gasteiger partial charge in [-0.15, -0.1) is 0 Å². The molecular weight excluding hydrogens is 226 g/mol. The molecule has 6 heteroatoms. The Bertz CT molecular complexity index is 449. The van der Waals surface area contributed by atoms with E-state index in [1.54, 1.807) is 20.8 Å². The summed E-state index contributed by atoms with van der Waals surface area (Å²) in [4.78, 5) is 22.1. The van der Waals surface area contributed by atoms with Crippen LogP contribution >= 0.6 is 0 Å². The second-order valence-corrected chi connectivity index (χ2v) is 3.78. The molecule has 1 atom stereocenters. The number of carboxylic acid groups (broad SMARTS) is 1. The Morgan fingerprint density at radius 3 is 2.29 bits per heavy atom. The van der Waals surface area contributed by atoms with E-state index in [2.05, 4.69) is 5.32 Å². The summed E-state index contributed by atoms with van der Waals surface area (Å²) in [5.41, 5.74) is 1.10. The molecule has 0 aromatic carbocycles. The first-order valence-electron chi connectivity index (χ1n) is 5.10. The highest BCUT2D eigenvalue weighted by Gasteiger charge is 2.20. The molecule has 1 unspecified atom stereocenters. The molecule has 0 fully saturated rings. The van der Waals surface area contributed by atoms with Gasteiger partial charge >= 0.3 is 5.97 Å². The van der Waals surface area contributed by atoms with Crippen LogP contribution in [-0.4, -0.2) is 34.7 Å². The average molecular weight is 241 g/mol. The van der Waals surface area contributed by atoms with E-state index in [1.807, 2.05) is 0 Å². The van der Waals surface area contributed by atoms with Crippen molar-refractivity contribution in [3.63, 3.8) is 0 Å². The number of rotatable bonds is 4. The topological polar surface area (TPSA) is 99.8 Å². The second kappa shape index (κ2) is 5.01. The predicted molar refractivity (Wildman–Crippen MR) is 58.9 cm³/mol. The summed E-state index contributed by atoms with van der Waals surface area (Å²) >= 11 is 0. The molecule has 1 aromatic rings. The first-order chi connectivity index (χ1) is 7.84. The Morgan fingerprint density at radius 1 is 1.29 bits per heavy atom. The minimum absolute atomic E-state index is 0.336. The summed E-state index contributed by atoms with van der Waals surface area (Å²) in [6, 6.07) is 0. The Kier molecular flexibility index (Phi) is 3.90. The molecule has 17 heavy (non-hydrogen) atoms. The molecule has 1 amide bonds. The fourth-order valence-electron chi connectivity index (χ4n) is 1.49. The van der Waals surface area contributed by atoms with E-state index in [4.69, 9.17) is 14.6 Å².